The molecule has 0 aliphatic heterocycles. The molecule has 0 aliphatic carbocycles. The van der Waals surface area contributed by atoms with Gasteiger partial charge in [-0.05, 0) is 55.8 Å². The van der Waals surface area contributed by atoms with E-state index in [4.69, 9.17) is 0 Å². The van der Waals surface area contributed by atoms with E-state index in [0.717, 1.165) is 12.1 Å². The Labute approximate surface area is 198 Å². The number of hydrogen-bond acceptors (Lipinski definition) is 3. The van der Waals surface area contributed by atoms with Crippen LogP contribution in [0.15, 0.2) is 46.9 Å². The van der Waals surface area contributed by atoms with Gasteiger partial charge >= 0.3 is 6.18 Å². The van der Waals surface area contributed by atoms with E-state index >= 15 is 0 Å². The Morgan fingerprint density at radius 3 is 2.47 bits per heavy atom. The Bertz CT molecular complexity index is 1430. The number of carbonyl (C=O) groups excluding carboxylic acids is 1. The van der Waals surface area contributed by atoms with Gasteiger partial charge < -0.3 is 5.32 Å². The summed E-state index contributed by atoms with van der Waals surface area (Å²) >= 11 is 3.26. The molecule has 176 valence electrons. The highest BCUT2D eigenvalue weighted by Crippen LogP contribution is 2.32. The van der Waals surface area contributed by atoms with Gasteiger partial charge in [-0.1, -0.05) is 22.0 Å². The van der Waals surface area contributed by atoms with Crippen LogP contribution in [0, 0.1) is 25.5 Å². The quantitative estimate of drug-likeness (QED) is 0.305. The highest BCUT2D eigenvalue weighted by Gasteiger charge is 2.34. The van der Waals surface area contributed by atoms with Gasteiger partial charge in [0.1, 0.15) is 5.69 Å². The molecular formula is C23H16BrF5N4O. The third kappa shape index (κ3) is 4.65. The van der Waals surface area contributed by atoms with Crippen molar-refractivity contribution in [2.45, 2.75) is 26.6 Å². The first-order chi connectivity index (χ1) is 15.9. The lowest BCUT2D eigenvalue weighted by Gasteiger charge is -2.13. The molecule has 0 bridgehead atoms. The number of nitrogens with zero attached hydrogens (tertiary/aromatic N) is 3. The van der Waals surface area contributed by atoms with Crippen molar-refractivity contribution in [3.05, 3.63) is 86.8 Å². The first-order valence-corrected chi connectivity index (χ1v) is 10.7. The molecule has 0 fully saturated rings. The summed E-state index contributed by atoms with van der Waals surface area (Å²) < 4.78 is 69.0. The van der Waals surface area contributed by atoms with Crippen molar-refractivity contribution < 1.29 is 26.7 Å². The molecule has 5 nitrogen and oxygen atoms in total. The summed E-state index contributed by atoms with van der Waals surface area (Å²) in [6, 6.07) is 8.61. The van der Waals surface area contributed by atoms with Crippen molar-refractivity contribution >= 4 is 38.4 Å². The number of amides is 1. The van der Waals surface area contributed by atoms with Gasteiger partial charge in [0.15, 0.2) is 11.6 Å². The highest BCUT2D eigenvalue weighted by molar-refractivity contribution is 9.10. The summed E-state index contributed by atoms with van der Waals surface area (Å²) in [7, 11) is 0. The van der Waals surface area contributed by atoms with E-state index in [1.807, 2.05) is 0 Å². The third-order valence-electron chi connectivity index (χ3n) is 5.24. The lowest BCUT2D eigenvalue weighted by Crippen LogP contribution is -2.17. The van der Waals surface area contributed by atoms with E-state index in [1.54, 1.807) is 13.8 Å². The number of fused-ring (bicyclic) bond motifs is 1. The standard InChI is InChI=1S/C23H16BrF5N4O/c1-11-21(12(2)33(32-11)10-13-3-5-17(25)18(26)7-13)31-22(34)16-9-20(23(27,28)29)30-19-6-4-14(24)8-15(16)19/h3-9H,10H2,1-2H3,(H,31,34). The number of aromatic nitrogens is 3. The highest BCUT2D eigenvalue weighted by atomic mass is 79.9. The zero-order valence-electron chi connectivity index (χ0n) is 17.8. The van der Waals surface area contributed by atoms with E-state index in [0.29, 0.717) is 33.2 Å². The number of carbonyl (C=O) groups is 1. The SMILES string of the molecule is Cc1nn(Cc2ccc(F)c(F)c2)c(C)c1NC(=O)c1cc(C(F)(F)F)nc2ccc(Br)cc12. The van der Waals surface area contributed by atoms with Crippen LogP contribution >= 0.6 is 15.9 Å². The Balaban J connectivity index is 1.70. The number of hydrogen-bond donors (Lipinski definition) is 1. The Hall–Kier alpha value is -3.34. The van der Waals surface area contributed by atoms with Gasteiger partial charge in [-0.15, -0.1) is 0 Å². The second-order valence-corrected chi connectivity index (χ2v) is 8.54. The second-order valence-electron chi connectivity index (χ2n) is 7.62. The van der Waals surface area contributed by atoms with Crippen LogP contribution in [-0.4, -0.2) is 20.7 Å². The number of anilines is 1. The van der Waals surface area contributed by atoms with Gasteiger partial charge in [-0.2, -0.15) is 18.3 Å². The second kappa shape index (κ2) is 8.79. The molecule has 0 radical (unpaired) electrons. The molecule has 4 aromatic rings. The van der Waals surface area contributed by atoms with Gasteiger partial charge in [0.05, 0.1) is 34.7 Å². The maximum absolute atomic E-state index is 13.5. The molecule has 0 saturated carbocycles. The Morgan fingerprint density at radius 2 is 1.79 bits per heavy atom. The van der Waals surface area contributed by atoms with Gasteiger partial charge in [-0.3, -0.25) is 9.48 Å². The number of benzene rings is 2. The first-order valence-electron chi connectivity index (χ1n) is 9.91. The van der Waals surface area contributed by atoms with Crippen LogP contribution in [0.5, 0.6) is 0 Å². The van der Waals surface area contributed by atoms with Crippen molar-refractivity contribution in [1.29, 1.82) is 0 Å². The third-order valence-corrected chi connectivity index (χ3v) is 5.74. The molecule has 11 heteroatoms. The Morgan fingerprint density at radius 1 is 1.06 bits per heavy atom. The summed E-state index contributed by atoms with van der Waals surface area (Å²) in [6.45, 7) is 3.37. The van der Waals surface area contributed by atoms with Crippen LogP contribution in [0.4, 0.5) is 27.6 Å². The molecule has 2 heterocycles. The number of rotatable bonds is 4. The van der Waals surface area contributed by atoms with E-state index in [9.17, 15) is 26.7 Å². The van der Waals surface area contributed by atoms with Crippen molar-refractivity contribution in [3.8, 4) is 0 Å². The van der Waals surface area contributed by atoms with Crippen LogP contribution in [-0.2, 0) is 12.7 Å². The molecule has 0 aliphatic rings. The molecule has 2 aromatic heterocycles. The maximum Gasteiger partial charge on any atom is 0.433 e. The molecule has 0 spiro atoms. The summed E-state index contributed by atoms with van der Waals surface area (Å²) in [4.78, 5) is 16.8. The number of aryl methyl sites for hydroxylation is 1. The molecule has 1 N–H and O–H groups in total. The molecule has 1 amide bonds. The summed E-state index contributed by atoms with van der Waals surface area (Å²) in [6.07, 6.45) is -4.74. The number of alkyl halides is 3. The van der Waals surface area contributed by atoms with E-state index in [2.05, 4.69) is 31.3 Å². The summed E-state index contributed by atoms with van der Waals surface area (Å²) in [5.41, 5.74) is 0.282. The smallest absolute Gasteiger partial charge is 0.319 e. The predicted octanol–water partition coefficient (Wildman–Crippen LogP) is 6.41. The molecular weight excluding hydrogens is 523 g/mol. The average Bonchev–Trinajstić information content (AvgIpc) is 3.02. The minimum Gasteiger partial charge on any atom is -0.319 e. The lowest BCUT2D eigenvalue weighted by atomic mass is 10.1. The predicted molar refractivity (Wildman–Crippen MR) is 120 cm³/mol. The van der Waals surface area contributed by atoms with Crippen molar-refractivity contribution in [3.63, 3.8) is 0 Å². The molecule has 34 heavy (non-hydrogen) atoms. The minimum atomic E-state index is -4.74. The summed E-state index contributed by atoms with van der Waals surface area (Å²) in [5, 5.41) is 7.21. The van der Waals surface area contributed by atoms with Crippen LogP contribution < -0.4 is 5.32 Å². The van der Waals surface area contributed by atoms with Gasteiger partial charge in [0.2, 0.25) is 0 Å². The molecule has 0 atom stereocenters. The number of nitrogens with one attached hydrogen (secondary N) is 1. The van der Waals surface area contributed by atoms with Crippen LogP contribution in [0.2, 0.25) is 0 Å². The van der Waals surface area contributed by atoms with Crippen molar-refractivity contribution in [2.24, 2.45) is 0 Å². The monoisotopic (exact) mass is 538 g/mol. The lowest BCUT2D eigenvalue weighted by molar-refractivity contribution is -0.140. The fraction of sp³-hybridized carbons (Fsp3) is 0.174. The number of pyridine rings is 1. The zero-order chi connectivity index (χ0) is 24.8. The van der Waals surface area contributed by atoms with Crippen LogP contribution in [0.25, 0.3) is 10.9 Å². The van der Waals surface area contributed by atoms with Crippen LogP contribution in [0.3, 0.4) is 0 Å². The van der Waals surface area contributed by atoms with Crippen molar-refractivity contribution in [2.75, 3.05) is 5.32 Å². The maximum atomic E-state index is 13.5. The van der Waals surface area contributed by atoms with Gasteiger partial charge in [-0.25, -0.2) is 13.8 Å². The topological polar surface area (TPSA) is 59.8 Å². The van der Waals surface area contributed by atoms with E-state index in [1.165, 1.54) is 28.9 Å². The average molecular weight is 539 g/mol. The minimum absolute atomic E-state index is 0.0191. The normalized spacial score (nSPS) is 11.8. The summed E-state index contributed by atoms with van der Waals surface area (Å²) in [5.74, 6) is -2.74. The van der Waals surface area contributed by atoms with Gasteiger partial charge in [0, 0.05) is 9.86 Å². The van der Waals surface area contributed by atoms with Gasteiger partial charge in [0.25, 0.3) is 5.91 Å². The molecule has 0 saturated heterocycles. The van der Waals surface area contributed by atoms with Crippen molar-refractivity contribution in [1.82, 2.24) is 14.8 Å². The van der Waals surface area contributed by atoms with Crippen LogP contribution in [0.1, 0.15) is 33.0 Å². The fourth-order valence-corrected chi connectivity index (χ4v) is 3.92. The Kier molecular flexibility index (Phi) is 6.15. The molecule has 4 rings (SSSR count). The molecule has 0 unspecified atom stereocenters. The fourth-order valence-electron chi connectivity index (χ4n) is 3.55. The number of halogens is 6. The zero-order valence-corrected chi connectivity index (χ0v) is 19.4. The van der Waals surface area contributed by atoms with E-state index < -0.39 is 29.4 Å². The largest absolute Gasteiger partial charge is 0.433 e. The first kappa shape index (κ1) is 23.8. The van der Waals surface area contributed by atoms with E-state index in [-0.39, 0.29) is 23.0 Å². The molecule has 2 aromatic carbocycles.